The summed E-state index contributed by atoms with van der Waals surface area (Å²) in [6, 6.07) is 2.66. The Morgan fingerprint density at radius 3 is 3.06 bits per heavy atom. The SMILES string of the molecule is O=C1Nc2cc(Sc3ncns3)c(F)cc2C1O. The zero-order valence-corrected chi connectivity index (χ0v) is 10.4. The maximum atomic E-state index is 13.8. The third-order valence-corrected chi connectivity index (χ3v) is 4.19. The number of carbonyl (C=O) groups excluding carboxylic acids is 1. The minimum atomic E-state index is -1.30. The molecule has 0 aliphatic carbocycles. The van der Waals surface area contributed by atoms with Gasteiger partial charge in [0.15, 0.2) is 10.4 Å². The van der Waals surface area contributed by atoms with Crippen LogP contribution in [0.25, 0.3) is 0 Å². The predicted octanol–water partition coefficient (Wildman–Crippen LogP) is 1.81. The summed E-state index contributed by atoms with van der Waals surface area (Å²) in [5, 5.41) is 12.0. The first-order chi connectivity index (χ1) is 8.65. The van der Waals surface area contributed by atoms with Crippen molar-refractivity contribution in [3.8, 4) is 0 Å². The van der Waals surface area contributed by atoms with Gasteiger partial charge in [0.05, 0.1) is 4.90 Å². The van der Waals surface area contributed by atoms with Crippen molar-refractivity contribution in [2.24, 2.45) is 0 Å². The van der Waals surface area contributed by atoms with Gasteiger partial charge in [-0.2, -0.15) is 4.37 Å². The van der Waals surface area contributed by atoms with E-state index in [9.17, 15) is 14.3 Å². The first-order valence-corrected chi connectivity index (χ1v) is 6.51. The Hall–Kier alpha value is -1.51. The van der Waals surface area contributed by atoms with Crippen LogP contribution in [0.5, 0.6) is 0 Å². The van der Waals surface area contributed by atoms with Crippen molar-refractivity contribution in [1.29, 1.82) is 0 Å². The Bertz CT molecular complexity index is 618. The number of benzene rings is 1. The molecule has 1 amide bonds. The molecule has 0 fully saturated rings. The second-order valence-corrected chi connectivity index (χ2v) is 5.64. The van der Waals surface area contributed by atoms with Gasteiger partial charge in [-0.05, 0) is 23.7 Å². The second-order valence-electron chi connectivity index (χ2n) is 3.57. The summed E-state index contributed by atoms with van der Waals surface area (Å²) < 4.78 is 18.3. The van der Waals surface area contributed by atoms with E-state index in [4.69, 9.17) is 0 Å². The van der Waals surface area contributed by atoms with Crippen LogP contribution in [-0.2, 0) is 4.79 Å². The fourth-order valence-electron chi connectivity index (χ4n) is 1.63. The van der Waals surface area contributed by atoms with Crippen molar-refractivity contribution in [3.05, 3.63) is 29.8 Å². The van der Waals surface area contributed by atoms with Crippen LogP contribution in [0, 0.1) is 5.82 Å². The zero-order valence-electron chi connectivity index (χ0n) is 8.75. The highest BCUT2D eigenvalue weighted by Crippen LogP contribution is 2.38. The molecule has 1 aliphatic heterocycles. The topological polar surface area (TPSA) is 75.1 Å². The smallest absolute Gasteiger partial charge is 0.257 e. The molecule has 0 radical (unpaired) electrons. The maximum absolute atomic E-state index is 13.8. The lowest BCUT2D eigenvalue weighted by molar-refractivity contribution is -0.123. The molecule has 1 aliphatic rings. The van der Waals surface area contributed by atoms with Crippen molar-refractivity contribution < 1.29 is 14.3 Å². The molecular formula is C10H6FN3O2S2. The van der Waals surface area contributed by atoms with E-state index >= 15 is 0 Å². The summed E-state index contributed by atoms with van der Waals surface area (Å²) in [6.07, 6.45) is 0.0964. The van der Waals surface area contributed by atoms with Gasteiger partial charge in [-0.15, -0.1) is 0 Å². The van der Waals surface area contributed by atoms with Crippen LogP contribution >= 0.6 is 23.3 Å². The molecule has 1 atom stereocenters. The number of halogens is 1. The fraction of sp³-hybridized carbons (Fsp3) is 0.100. The van der Waals surface area contributed by atoms with Crippen LogP contribution in [0.3, 0.4) is 0 Å². The molecule has 2 aromatic rings. The monoisotopic (exact) mass is 283 g/mol. The molecule has 1 aromatic heterocycles. The van der Waals surface area contributed by atoms with E-state index in [0.717, 1.165) is 23.3 Å². The van der Waals surface area contributed by atoms with Crippen LogP contribution in [0.2, 0.25) is 0 Å². The standard InChI is InChI=1S/C10H6FN3O2S2/c11-5-1-4-6(14-9(16)8(4)15)2-7(5)17-10-12-3-13-18-10/h1-3,8,15H,(H,14,16). The lowest BCUT2D eigenvalue weighted by Gasteiger charge is -2.05. The number of amides is 1. The number of fused-ring (bicyclic) bond motifs is 1. The third kappa shape index (κ3) is 1.88. The Labute approximate surface area is 109 Å². The van der Waals surface area contributed by atoms with Gasteiger partial charge in [-0.25, -0.2) is 9.37 Å². The lowest BCUT2D eigenvalue weighted by Crippen LogP contribution is -2.10. The summed E-state index contributed by atoms with van der Waals surface area (Å²) in [7, 11) is 0. The van der Waals surface area contributed by atoms with Crippen LogP contribution in [0.15, 0.2) is 27.7 Å². The van der Waals surface area contributed by atoms with Gasteiger partial charge in [0.1, 0.15) is 12.1 Å². The van der Waals surface area contributed by atoms with Crippen molar-refractivity contribution in [3.63, 3.8) is 0 Å². The molecule has 2 N–H and O–H groups in total. The Morgan fingerprint density at radius 2 is 2.33 bits per heavy atom. The molecular weight excluding hydrogens is 277 g/mol. The molecule has 3 rings (SSSR count). The van der Waals surface area contributed by atoms with Crippen molar-refractivity contribution in [2.75, 3.05) is 5.32 Å². The number of nitrogens with one attached hydrogen (secondary N) is 1. The fourth-order valence-corrected chi connectivity index (χ4v) is 3.07. The number of carbonyl (C=O) groups is 1. The highest BCUT2D eigenvalue weighted by atomic mass is 32.2. The molecule has 1 aromatic carbocycles. The summed E-state index contributed by atoms with van der Waals surface area (Å²) >= 11 is 2.29. The van der Waals surface area contributed by atoms with Crippen LogP contribution in [-0.4, -0.2) is 20.4 Å². The summed E-state index contributed by atoms with van der Waals surface area (Å²) in [5.41, 5.74) is 0.694. The van der Waals surface area contributed by atoms with Gasteiger partial charge >= 0.3 is 0 Å². The highest BCUT2D eigenvalue weighted by Gasteiger charge is 2.30. The quantitative estimate of drug-likeness (QED) is 0.879. The number of rotatable bonds is 2. The molecule has 5 nitrogen and oxygen atoms in total. The minimum absolute atomic E-state index is 0.263. The normalized spacial score (nSPS) is 17.7. The van der Waals surface area contributed by atoms with E-state index in [1.54, 1.807) is 0 Å². The van der Waals surface area contributed by atoms with E-state index in [-0.39, 0.29) is 5.56 Å². The average Bonchev–Trinajstić information content (AvgIpc) is 2.92. The van der Waals surface area contributed by atoms with E-state index in [0.29, 0.717) is 14.9 Å². The van der Waals surface area contributed by atoms with Crippen LogP contribution in [0.1, 0.15) is 11.7 Å². The molecule has 18 heavy (non-hydrogen) atoms. The van der Waals surface area contributed by atoms with E-state index in [1.165, 1.54) is 18.5 Å². The molecule has 1 unspecified atom stereocenters. The first-order valence-electron chi connectivity index (χ1n) is 4.92. The molecule has 92 valence electrons. The average molecular weight is 283 g/mol. The van der Waals surface area contributed by atoms with E-state index in [1.807, 2.05) is 0 Å². The number of anilines is 1. The van der Waals surface area contributed by atoms with E-state index < -0.39 is 17.8 Å². The van der Waals surface area contributed by atoms with E-state index in [2.05, 4.69) is 14.7 Å². The molecule has 0 spiro atoms. The third-order valence-electron chi connectivity index (χ3n) is 2.44. The lowest BCUT2D eigenvalue weighted by atomic mass is 10.1. The highest BCUT2D eigenvalue weighted by molar-refractivity contribution is 8.01. The molecule has 8 heteroatoms. The Kier molecular flexibility index (Phi) is 2.77. The minimum Gasteiger partial charge on any atom is -0.378 e. The summed E-state index contributed by atoms with van der Waals surface area (Å²) in [6.45, 7) is 0. The number of nitrogens with zero attached hydrogens (tertiary/aromatic N) is 2. The number of hydrogen-bond donors (Lipinski definition) is 2. The van der Waals surface area contributed by atoms with Crippen molar-refractivity contribution >= 4 is 34.9 Å². The number of aliphatic hydroxyl groups is 1. The molecule has 0 saturated carbocycles. The van der Waals surface area contributed by atoms with Gasteiger partial charge in [0.2, 0.25) is 0 Å². The van der Waals surface area contributed by atoms with Gasteiger partial charge in [0.25, 0.3) is 5.91 Å². The zero-order chi connectivity index (χ0) is 12.7. The van der Waals surface area contributed by atoms with Gasteiger partial charge < -0.3 is 10.4 Å². The second kappa shape index (κ2) is 4.30. The maximum Gasteiger partial charge on any atom is 0.257 e. The van der Waals surface area contributed by atoms with Gasteiger partial charge in [-0.1, -0.05) is 11.8 Å². The van der Waals surface area contributed by atoms with Crippen molar-refractivity contribution in [1.82, 2.24) is 9.36 Å². The molecule has 0 bridgehead atoms. The molecule has 2 heterocycles. The number of aromatic nitrogens is 2. The summed E-state index contributed by atoms with van der Waals surface area (Å²) in [5.74, 6) is -1.04. The Balaban J connectivity index is 1.98. The van der Waals surface area contributed by atoms with Gasteiger partial charge in [0, 0.05) is 11.3 Å². The number of hydrogen-bond acceptors (Lipinski definition) is 6. The number of aliphatic hydroxyl groups excluding tert-OH is 1. The first kappa shape index (κ1) is 11.6. The van der Waals surface area contributed by atoms with Crippen LogP contribution in [0.4, 0.5) is 10.1 Å². The van der Waals surface area contributed by atoms with Crippen molar-refractivity contribution in [2.45, 2.75) is 15.3 Å². The Morgan fingerprint density at radius 1 is 1.50 bits per heavy atom. The largest absolute Gasteiger partial charge is 0.378 e. The molecule has 0 saturated heterocycles. The summed E-state index contributed by atoms with van der Waals surface area (Å²) in [4.78, 5) is 15.5. The van der Waals surface area contributed by atoms with Crippen LogP contribution < -0.4 is 5.32 Å². The van der Waals surface area contributed by atoms with Gasteiger partial charge in [-0.3, -0.25) is 4.79 Å². The predicted molar refractivity (Wildman–Crippen MR) is 64.0 cm³/mol.